The number of carbonyl (C=O) groups is 1. The number of hydrogen-bond donors (Lipinski definition) is 2. The molecule has 110 valence electrons. The average Bonchev–Trinajstić information content (AvgIpc) is 2.98. The topological polar surface area (TPSA) is 70.2 Å². The summed E-state index contributed by atoms with van der Waals surface area (Å²) in [6.45, 7) is 4.16. The van der Waals surface area contributed by atoms with Gasteiger partial charge >= 0.3 is 0 Å². The van der Waals surface area contributed by atoms with Gasteiger partial charge in [-0.3, -0.25) is 10.2 Å². The van der Waals surface area contributed by atoms with Crippen molar-refractivity contribution >= 4 is 23.0 Å². The van der Waals surface area contributed by atoms with Crippen LogP contribution in [0.2, 0.25) is 0 Å². The fraction of sp³-hybridized carbons (Fsp3) is 0.111. The third-order valence-corrected chi connectivity index (χ3v) is 3.97. The number of fused-ring (bicyclic) bond motifs is 1. The number of hydrogen-bond acceptors (Lipinski definition) is 3. The molecule has 3 N–H and O–H groups in total. The van der Waals surface area contributed by atoms with E-state index in [1.807, 2.05) is 36.4 Å². The molecule has 4 nitrogen and oxygen atoms in total. The molecule has 0 atom stereocenters. The van der Waals surface area contributed by atoms with Gasteiger partial charge < -0.3 is 10.6 Å². The fourth-order valence-electron chi connectivity index (χ4n) is 2.88. The number of para-hydroxylation sites is 1. The molecule has 0 aliphatic carbocycles. The van der Waals surface area contributed by atoms with Crippen LogP contribution in [0.4, 0.5) is 11.4 Å². The highest BCUT2D eigenvalue weighted by atomic mass is 16.2. The second-order valence-electron chi connectivity index (χ2n) is 5.21. The molecule has 0 spiro atoms. The van der Waals surface area contributed by atoms with Crippen LogP contribution >= 0.6 is 0 Å². The molecule has 0 bridgehead atoms. The van der Waals surface area contributed by atoms with Crippen molar-refractivity contribution in [3.8, 4) is 0 Å². The molecule has 2 aromatic rings. The van der Waals surface area contributed by atoms with Crippen molar-refractivity contribution in [3.05, 3.63) is 71.8 Å². The van der Waals surface area contributed by atoms with Crippen molar-refractivity contribution < 1.29 is 4.79 Å². The summed E-state index contributed by atoms with van der Waals surface area (Å²) in [5.41, 5.74) is 10.4. The fourth-order valence-corrected chi connectivity index (χ4v) is 2.88. The lowest BCUT2D eigenvalue weighted by molar-refractivity contribution is -0.114. The Kier molecular flexibility index (Phi) is 3.51. The minimum atomic E-state index is -0.110. The Labute approximate surface area is 129 Å². The maximum atomic E-state index is 11.9. The van der Waals surface area contributed by atoms with E-state index in [1.54, 1.807) is 11.0 Å². The highest BCUT2D eigenvalue weighted by Gasteiger charge is 2.26. The van der Waals surface area contributed by atoms with Crippen molar-refractivity contribution in [3.63, 3.8) is 0 Å². The van der Waals surface area contributed by atoms with Gasteiger partial charge in [-0.05, 0) is 30.2 Å². The van der Waals surface area contributed by atoms with Crippen LogP contribution in [0.1, 0.15) is 16.7 Å². The van der Waals surface area contributed by atoms with Crippen LogP contribution in [0.25, 0.3) is 0 Å². The van der Waals surface area contributed by atoms with Crippen molar-refractivity contribution in [2.24, 2.45) is 0 Å². The molecular weight excluding hydrogens is 274 g/mol. The van der Waals surface area contributed by atoms with E-state index in [0.29, 0.717) is 23.5 Å². The van der Waals surface area contributed by atoms with Crippen LogP contribution in [0.5, 0.6) is 0 Å². The normalized spacial score (nSPS) is 12.8. The Balaban J connectivity index is 2.06. The monoisotopic (exact) mass is 291 g/mol. The van der Waals surface area contributed by atoms with Crippen LogP contribution < -0.4 is 10.6 Å². The van der Waals surface area contributed by atoms with E-state index in [4.69, 9.17) is 11.1 Å². The number of amides is 1. The highest BCUT2D eigenvalue weighted by molar-refractivity contribution is 6.16. The predicted molar refractivity (Wildman–Crippen MR) is 89.5 cm³/mol. The number of nitrogen functional groups attached to an aromatic ring is 1. The van der Waals surface area contributed by atoms with Crippen LogP contribution in [0.3, 0.4) is 0 Å². The first-order valence-corrected chi connectivity index (χ1v) is 7.13. The number of benzene rings is 2. The van der Waals surface area contributed by atoms with Crippen LogP contribution in [0.15, 0.2) is 55.1 Å². The summed E-state index contributed by atoms with van der Waals surface area (Å²) in [5, 5.41) is 8.49. The van der Waals surface area contributed by atoms with E-state index >= 15 is 0 Å². The number of anilines is 2. The number of carbonyl (C=O) groups excluding carboxylic acids is 1. The van der Waals surface area contributed by atoms with E-state index < -0.39 is 0 Å². The van der Waals surface area contributed by atoms with E-state index in [1.165, 1.54) is 6.08 Å². The molecule has 1 aliphatic rings. The molecular formula is C18H17N3O. The van der Waals surface area contributed by atoms with Crippen LogP contribution in [-0.2, 0) is 11.2 Å². The summed E-state index contributed by atoms with van der Waals surface area (Å²) in [6.07, 6.45) is 2.06. The highest BCUT2D eigenvalue weighted by Crippen LogP contribution is 2.32. The predicted octanol–water partition coefficient (Wildman–Crippen LogP) is 2.76. The maximum Gasteiger partial charge on any atom is 0.250 e. The Morgan fingerprint density at radius 1 is 1.18 bits per heavy atom. The number of nitrogens with zero attached hydrogens (tertiary/aromatic N) is 1. The molecule has 0 unspecified atom stereocenters. The first-order chi connectivity index (χ1) is 10.6. The van der Waals surface area contributed by atoms with Gasteiger partial charge in [0.1, 0.15) is 0 Å². The Bertz CT molecular complexity index is 780. The SMILES string of the molecule is C=CC(=O)N1CCc2c(C(=N)c3ccccc3N)cccc21. The molecule has 4 heteroatoms. The zero-order chi connectivity index (χ0) is 15.7. The molecule has 0 fully saturated rings. The minimum Gasteiger partial charge on any atom is -0.398 e. The smallest absolute Gasteiger partial charge is 0.250 e. The van der Waals surface area contributed by atoms with Gasteiger partial charge in [-0.25, -0.2) is 0 Å². The van der Waals surface area contributed by atoms with Crippen molar-refractivity contribution in [1.29, 1.82) is 5.41 Å². The average molecular weight is 291 g/mol. The van der Waals surface area contributed by atoms with E-state index in [-0.39, 0.29) is 5.91 Å². The van der Waals surface area contributed by atoms with Gasteiger partial charge in [-0.2, -0.15) is 0 Å². The summed E-state index contributed by atoms with van der Waals surface area (Å²) in [4.78, 5) is 13.6. The lowest BCUT2D eigenvalue weighted by Crippen LogP contribution is -2.26. The first kappa shape index (κ1) is 14.1. The third-order valence-electron chi connectivity index (χ3n) is 3.97. The Morgan fingerprint density at radius 2 is 1.91 bits per heavy atom. The molecule has 2 aromatic carbocycles. The lowest BCUT2D eigenvalue weighted by Gasteiger charge is -2.16. The molecule has 0 radical (unpaired) electrons. The molecule has 1 amide bonds. The third kappa shape index (κ3) is 2.19. The maximum absolute atomic E-state index is 11.9. The van der Waals surface area contributed by atoms with E-state index in [2.05, 4.69) is 6.58 Å². The zero-order valence-corrected chi connectivity index (χ0v) is 12.2. The number of nitrogens with one attached hydrogen (secondary N) is 1. The summed E-state index contributed by atoms with van der Waals surface area (Å²) >= 11 is 0. The molecule has 3 rings (SSSR count). The first-order valence-electron chi connectivity index (χ1n) is 7.13. The summed E-state index contributed by atoms with van der Waals surface area (Å²) in [7, 11) is 0. The van der Waals surface area contributed by atoms with E-state index in [0.717, 1.165) is 23.2 Å². The van der Waals surface area contributed by atoms with Crippen molar-refractivity contribution in [1.82, 2.24) is 0 Å². The minimum absolute atomic E-state index is 0.110. The Hall–Kier alpha value is -2.88. The summed E-state index contributed by atoms with van der Waals surface area (Å²) < 4.78 is 0. The van der Waals surface area contributed by atoms with Gasteiger partial charge in [0.2, 0.25) is 5.91 Å². The molecule has 0 saturated carbocycles. The van der Waals surface area contributed by atoms with Gasteiger partial charge in [0.05, 0.1) is 5.71 Å². The van der Waals surface area contributed by atoms with Crippen molar-refractivity contribution in [2.75, 3.05) is 17.2 Å². The lowest BCUT2D eigenvalue weighted by atomic mass is 9.95. The van der Waals surface area contributed by atoms with Crippen molar-refractivity contribution in [2.45, 2.75) is 6.42 Å². The van der Waals surface area contributed by atoms with Gasteiger partial charge in [-0.1, -0.05) is 36.9 Å². The van der Waals surface area contributed by atoms with Gasteiger partial charge in [-0.15, -0.1) is 0 Å². The van der Waals surface area contributed by atoms with Crippen LogP contribution in [-0.4, -0.2) is 18.2 Å². The molecule has 0 saturated heterocycles. The number of rotatable bonds is 3. The number of nitrogens with two attached hydrogens (primary N) is 1. The summed E-state index contributed by atoms with van der Waals surface area (Å²) in [6, 6.07) is 13.1. The standard InChI is InChI=1S/C18H17N3O/c1-2-17(22)21-11-10-12-13(7-5-9-16(12)21)18(20)14-6-3-4-8-15(14)19/h2-9,20H,1,10-11,19H2. The summed E-state index contributed by atoms with van der Waals surface area (Å²) in [5.74, 6) is -0.110. The quantitative estimate of drug-likeness (QED) is 0.518. The zero-order valence-electron chi connectivity index (χ0n) is 12.2. The molecule has 1 heterocycles. The second-order valence-corrected chi connectivity index (χ2v) is 5.21. The molecule has 22 heavy (non-hydrogen) atoms. The van der Waals surface area contributed by atoms with Gasteiger partial charge in [0.15, 0.2) is 0 Å². The van der Waals surface area contributed by atoms with Crippen LogP contribution in [0, 0.1) is 5.41 Å². The second kappa shape index (κ2) is 5.48. The van der Waals surface area contributed by atoms with Gasteiger partial charge in [0, 0.05) is 29.0 Å². The molecule has 0 aromatic heterocycles. The van der Waals surface area contributed by atoms with Gasteiger partial charge in [0.25, 0.3) is 0 Å². The van der Waals surface area contributed by atoms with E-state index in [9.17, 15) is 4.79 Å². The Morgan fingerprint density at radius 3 is 2.64 bits per heavy atom. The largest absolute Gasteiger partial charge is 0.398 e. The molecule has 1 aliphatic heterocycles.